The number of carbonyl (C=O) groups excluding carboxylic acids is 1. The molecule has 1 heteroatoms. The molecule has 0 heterocycles. The first kappa shape index (κ1) is 14.1. The summed E-state index contributed by atoms with van der Waals surface area (Å²) in [4.78, 5) is 11.2. The molecule has 0 aromatic heterocycles. The molecule has 0 bridgehead atoms. The SMILES string of the molecule is CCC[C@H]1CC[C@H](CCC2CCC(=O)CC2)CC1. The summed E-state index contributed by atoms with van der Waals surface area (Å²) in [7, 11) is 0. The smallest absolute Gasteiger partial charge is 0.132 e. The third-order valence-corrected chi connectivity index (χ3v) is 5.31. The molecule has 0 atom stereocenters. The van der Waals surface area contributed by atoms with Crippen molar-refractivity contribution in [1.82, 2.24) is 0 Å². The van der Waals surface area contributed by atoms with Crippen molar-refractivity contribution < 1.29 is 4.79 Å². The Morgan fingerprint density at radius 2 is 1.22 bits per heavy atom. The Hall–Kier alpha value is -0.330. The molecule has 0 radical (unpaired) electrons. The summed E-state index contributed by atoms with van der Waals surface area (Å²) >= 11 is 0. The highest BCUT2D eigenvalue weighted by Crippen LogP contribution is 2.36. The summed E-state index contributed by atoms with van der Waals surface area (Å²) in [6.07, 6.45) is 15.7. The predicted octanol–water partition coefficient (Wildman–Crippen LogP) is 5.13. The monoisotopic (exact) mass is 250 g/mol. The van der Waals surface area contributed by atoms with Gasteiger partial charge in [0.1, 0.15) is 5.78 Å². The zero-order valence-corrected chi connectivity index (χ0v) is 12.1. The fourth-order valence-electron chi connectivity index (χ4n) is 3.98. The average Bonchev–Trinajstić information content (AvgIpc) is 2.40. The van der Waals surface area contributed by atoms with Crippen LogP contribution in [0.1, 0.15) is 84.0 Å². The minimum absolute atomic E-state index is 0.506. The molecule has 2 rings (SSSR count). The van der Waals surface area contributed by atoms with E-state index in [0.717, 1.165) is 30.6 Å². The number of rotatable bonds is 5. The molecule has 0 aromatic carbocycles. The van der Waals surface area contributed by atoms with Gasteiger partial charge in [-0.25, -0.2) is 0 Å². The second-order valence-electron chi connectivity index (χ2n) is 6.73. The lowest BCUT2D eigenvalue weighted by Gasteiger charge is -2.30. The molecule has 0 aromatic rings. The van der Waals surface area contributed by atoms with Gasteiger partial charge >= 0.3 is 0 Å². The van der Waals surface area contributed by atoms with Gasteiger partial charge in [-0.05, 0) is 30.6 Å². The van der Waals surface area contributed by atoms with E-state index in [1.54, 1.807) is 0 Å². The molecule has 0 aliphatic heterocycles. The minimum Gasteiger partial charge on any atom is -0.300 e. The van der Waals surface area contributed by atoms with Crippen molar-refractivity contribution >= 4 is 5.78 Å². The van der Waals surface area contributed by atoms with E-state index < -0.39 is 0 Å². The summed E-state index contributed by atoms with van der Waals surface area (Å²) in [5.74, 6) is 3.43. The highest BCUT2D eigenvalue weighted by molar-refractivity contribution is 5.78. The van der Waals surface area contributed by atoms with Gasteiger partial charge < -0.3 is 0 Å². The van der Waals surface area contributed by atoms with Crippen LogP contribution < -0.4 is 0 Å². The van der Waals surface area contributed by atoms with Crippen LogP contribution in [0.25, 0.3) is 0 Å². The standard InChI is InChI=1S/C17H30O/c1-2-3-14-4-6-15(7-5-14)8-9-16-10-12-17(18)13-11-16/h14-16H,2-13H2,1H3/t14-,15-. The van der Waals surface area contributed by atoms with Crippen LogP contribution in [0.4, 0.5) is 0 Å². The van der Waals surface area contributed by atoms with E-state index >= 15 is 0 Å². The van der Waals surface area contributed by atoms with Crippen molar-refractivity contribution in [3.05, 3.63) is 0 Å². The molecule has 2 aliphatic rings. The van der Waals surface area contributed by atoms with E-state index in [0.29, 0.717) is 5.78 Å². The lowest BCUT2D eigenvalue weighted by molar-refractivity contribution is -0.121. The number of carbonyl (C=O) groups is 1. The molecule has 0 N–H and O–H groups in total. The Morgan fingerprint density at radius 1 is 0.778 bits per heavy atom. The molecule has 1 nitrogen and oxygen atoms in total. The van der Waals surface area contributed by atoms with Crippen molar-refractivity contribution in [1.29, 1.82) is 0 Å². The van der Waals surface area contributed by atoms with Crippen molar-refractivity contribution in [2.24, 2.45) is 17.8 Å². The maximum Gasteiger partial charge on any atom is 0.132 e. The number of hydrogen-bond acceptors (Lipinski definition) is 1. The molecule has 0 amide bonds. The zero-order valence-electron chi connectivity index (χ0n) is 12.1. The molecule has 18 heavy (non-hydrogen) atoms. The molecule has 104 valence electrons. The predicted molar refractivity (Wildman–Crippen MR) is 76.6 cm³/mol. The molecule has 2 fully saturated rings. The van der Waals surface area contributed by atoms with Crippen LogP contribution in [0.2, 0.25) is 0 Å². The molecule has 2 saturated carbocycles. The first-order chi connectivity index (χ1) is 8.78. The fraction of sp³-hybridized carbons (Fsp3) is 0.941. The summed E-state index contributed by atoms with van der Waals surface area (Å²) in [6.45, 7) is 2.32. The Kier molecular flexibility index (Phi) is 5.72. The van der Waals surface area contributed by atoms with Crippen molar-refractivity contribution in [2.45, 2.75) is 84.0 Å². The van der Waals surface area contributed by atoms with Crippen LogP contribution in [-0.4, -0.2) is 5.78 Å². The molecule has 0 unspecified atom stereocenters. The summed E-state index contributed by atoms with van der Waals surface area (Å²) in [6, 6.07) is 0. The lowest BCUT2D eigenvalue weighted by Crippen LogP contribution is -2.18. The number of ketones is 1. The van der Waals surface area contributed by atoms with E-state index in [-0.39, 0.29) is 0 Å². The quantitative estimate of drug-likeness (QED) is 0.661. The van der Waals surface area contributed by atoms with Crippen LogP contribution in [0, 0.1) is 17.8 Å². The third kappa shape index (κ3) is 4.40. The van der Waals surface area contributed by atoms with Crippen molar-refractivity contribution in [3.63, 3.8) is 0 Å². The maximum atomic E-state index is 11.2. The van der Waals surface area contributed by atoms with Gasteiger partial charge in [0, 0.05) is 12.8 Å². The third-order valence-electron chi connectivity index (χ3n) is 5.31. The van der Waals surface area contributed by atoms with Gasteiger partial charge in [0.25, 0.3) is 0 Å². The van der Waals surface area contributed by atoms with Gasteiger partial charge in [-0.2, -0.15) is 0 Å². The summed E-state index contributed by atoms with van der Waals surface area (Å²) in [5.41, 5.74) is 0. The van der Waals surface area contributed by atoms with Crippen LogP contribution >= 0.6 is 0 Å². The Labute approximate surface area is 113 Å². The largest absolute Gasteiger partial charge is 0.300 e. The molecule has 2 aliphatic carbocycles. The number of Topliss-reactive ketones (excluding diaryl/α,β-unsaturated/α-hetero) is 1. The second kappa shape index (κ2) is 7.31. The highest BCUT2D eigenvalue weighted by atomic mass is 16.1. The first-order valence-electron chi connectivity index (χ1n) is 8.29. The van der Waals surface area contributed by atoms with Crippen LogP contribution in [0.3, 0.4) is 0 Å². The van der Waals surface area contributed by atoms with Gasteiger partial charge in [0.2, 0.25) is 0 Å². The van der Waals surface area contributed by atoms with E-state index in [2.05, 4.69) is 6.92 Å². The second-order valence-corrected chi connectivity index (χ2v) is 6.73. The fourth-order valence-corrected chi connectivity index (χ4v) is 3.98. The summed E-state index contributed by atoms with van der Waals surface area (Å²) in [5, 5.41) is 0. The van der Waals surface area contributed by atoms with E-state index in [1.807, 2.05) is 0 Å². The van der Waals surface area contributed by atoms with Crippen LogP contribution in [0.15, 0.2) is 0 Å². The molecular formula is C17H30O. The highest BCUT2D eigenvalue weighted by Gasteiger charge is 2.23. The Balaban J connectivity index is 1.59. The van der Waals surface area contributed by atoms with Gasteiger partial charge in [-0.15, -0.1) is 0 Å². The molecule has 0 spiro atoms. The van der Waals surface area contributed by atoms with Gasteiger partial charge in [-0.1, -0.05) is 58.3 Å². The van der Waals surface area contributed by atoms with Crippen molar-refractivity contribution in [2.75, 3.05) is 0 Å². The van der Waals surface area contributed by atoms with Crippen LogP contribution in [-0.2, 0) is 4.79 Å². The van der Waals surface area contributed by atoms with Gasteiger partial charge in [0.15, 0.2) is 0 Å². The Morgan fingerprint density at radius 3 is 1.72 bits per heavy atom. The van der Waals surface area contributed by atoms with Gasteiger partial charge in [0.05, 0.1) is 0 Å². The summed E-state index contributed by atoms with van der Waals surface area (Å²) < 4.78 is 0. The Bertz CT molecular complexity index is 240. The minimum atomic E-state index is 0.506. The maximum absolute atomic E-state index is 11.2. The molecule has 0 saturated heterocycles. The number of hydrogen-bond donors (Lipinski definition) is 0. The average molecular weight is 250 g/mol. The van der Waals surface area contributed by atoms with Crippen molar-refractivity contribution in [3.8, 4) is 0 Å². The lowest BCUT2D eigenvalue weighted by atomic mass is 9.76. The van der Waals surface area contributed by atoms with Gasteiger partial charge in [-0.3, -0.25) is 4.79 Å². The molecular weight excluding hydrogens is 220 g/mol. The first-order valence-corrected chi connectivity index (χ1v) is 8.29. The van der Waals surface area contributed by atoms with Crippen LogP contribution in [0.5, 0.6) is 0 Å². The zero-order chi connectivity index (χ0) is 12.8. The van der Waals surface area contributed by atoms with E-state index in [4.69, 9.17) is 0 Å². The normalized spacial score (nSPS) is 30.6. The van der Waals surface area contributed by atoms with E-state index in [9.17, 15) is 4.79 Å². The topological polar surface area (TPSA) is 17.1 Å². The van der Waals surface area contributed by atoms with E-state index in [1.165, 1.54) is 64.2 Å².